The number of nitrogens with zero attached hydrogens (tertiary/aromatic N) is 1. The second-order valence-corrected chi connectivity index (χ2v) is 9.21. The van der Waals surface area contributed by atoms with Crippen LogP contribution in [0.2, 0.25) is 0 Å². The van der Waals surface area contributed by atoms with Crippen molar-refractivity contribution in [3.63, 3.8) is 0 Å². The second kappa shape index (κ2) is 11.7. The lowest BCUT2D eigenvalue weighted by atomic mass is 10.1. The summed E-state index contributed by atoms with van der Waals surface area (Å²) in [4.78, 5) is 27.6. The highest BCUT2D eigenvalue weighted by atomic mass is 16.5. The smallest absolute Gasteiger partial charge is 0.255 e. The van der Waals surface area contributed by atoms with Gasteiger partial charge in [-0.3, -0.25) is 9.59 Å². The van der Waals surface area contributed by atoms with Crippen LogP contribution in [-0.4, -0.2) is 79.5 Å². The maximum atomic E-state index is 13.0. The number of hydrogen-bond acceptors (Lipinski definition) is 6. The van der Waals surface area contributed by atoms with Gasteiger partial charge in [0, 0.05) is 31.2 Å². The Hall–Kier alpha value is -2.94. The third-order valence-corrected chi connectivity index (χ3v) is 6.59. The largest absolute Gasteiger partial charge is 0.493 e. The first-order valence-electron chi connectivity index (χ1n) is 12.4. The fraction of sp³-hybridized carbons (Fsp3) is 0.481. The Labute approximate surface area is 206 Å². The maximum Gasteiger partial charge on any atom is 0.255 e. The summed E-state index contributed by atoms with van der Waals surface area (Å²) in [6.07, 6.45) is 1.17. The quantitative estimate of drug-likeness (QED) is 0.505. The fourth-order valence-electron chi connectivity index (χ4n) is 4.70. The van der Waals surface area contributed by atoms with Crippen molar-refractivity contribution in [3.05, 3.63) is 64.7 Å². The van der Waals surface area contributed by atoms with Crippen molar-refractivity contribution >= 4 is 11.8 Å². The van der Waals surface area contributed by atoms with Crippen molar-refractivity contribution in [1.82, 2.24) is 15.5 Å². The number of nitrogens with one attached hydrogen (secondary N) is 2. The van der Waals surface area contributed by atoms with Gasteiger partial charge in [0.2, 0.25) is 0 Å². The summed E-state index contributed by atoms with van der Waals surface area (Å²) in [7, 11) is 0. The molecule has 2 aromatic carbocycles. The molecule has 3 N–H and O–H groups in total. The number of benzene rings is 2. The normalized spacial score (nSPS) is 18.7. The molecule has 1 aliphatic heterocycles. The molecule has 35 heavy (non-hydrogen) atoms. The van der Waals surface area contributed by atoms with E-state index in [1.165, 1.54) is 11.1 Å². The molecule has 1 heterocycles. The van der Waals surface area contributed by atoms with E-state index in [0.29, 0.717) is 55.8 Å². The van der Waals surface area contributed by atoms with Gasteiger partial charge in [-0.25, -0.2) is 0 Å². The van der Waals surface area contributed by atoms with E-state index >= 15 is 0 Å². The monoisotopic (exact) mass is 481 g/mol. The molecule has 0 unspecified atom stereocenters. The Kier molecular flexibility index (Phi) is 8.38. The van der Waals surface area contributed by atoms with Gasteiger partial charge in [-0.15, -0.1) is 0 Å². The van der Waals surface area contributed by atoms with Gasteiger partial charge in [0.05, 0.1) is 37.5 Å². The highest BCUT2D eigenvalue weighted by Crippen LogP contribution is 2.23. The molecular weight excluding hydrogens is 446 g/mol. The highest BCUT2D eigenvalue weighted by molar-refractivity contribution is 6.00. The van der Waals surface area contributed by atoms with Crippen LogP contribution in [0.4, 0.5) is 0 Å². The van der Waals surface area contributed by atoms with Crippen LogP contribution in [0.1, 0.15) is 45.7 Å². The Balaban J connectivity index is 1.31. The van der Waals surface area contributed by atoms with Gasteiger partial charge >= 0.3 is 0 Å². The van der Waals surface area contributed by atoms with Crippen LogP contribution in [0, 0.1) is 0 Å². The van der Waals surface area contributed by atoms with Crippen molar-refractivity contribution in [2.75, 3.05) is 39.5 Å². The molecule has 8 nitrogen and oxygen atoms in total. The molecule has 2 aliphatic rings. The highest BCUT2D eigenvalue weighted by Gasteiger charge is 2.26. The standard InChI is InChI=1S/C27H35N3O5/c1-3-35-25-14-21(27(33)30-10-11-34-17-18(30)2)8-9-24(25)26(32)29-16-23(31)15-28-22-12-19-6-4-5-7-20(19)13-22/h4-9,14,18,22-23,28,31H,3,10-13,15-17H2,1-2H3,(H,29,32)/t18-,23+/m1/s1. The van der Waals surface area contributed by atoms with Gasteiger partial charge in [-0.05, 0) is 56.0 Å². The minimum atomic E-state index is -0.720. The zero-order chi connectivity index (χ0) is 24.8. The Morgan fingerprint density at radius 3 is 2.60 bits per heavy atom. The maximum absolute atomic E-state index is 13.0. The lowest BCUT2D eigenvalue weighted by Gasteiger charge is -2.33. The topological polar surface area (TPSA) is 100 Å². The summed E-state index contributed by atoms with van der Waals surface area (Å²) in [6, 6.07) is 13.6. The van der Waals surface area contributed by atoms with E-state index in [9.17, 15) is 14.7 Å². The predicted octanol–water partition coefficient (Wildman–Crippen LogP) is 1.79. The van der Waals surface area contributed by atoms with Crippen molar-refractivity contribution in [1.29, 1.82) is 0 Å². The molecule has 2 atom stereocenters. The van der Waals surface area contributed by atoms with Gasteiger partial charge in [0.15, 0.2) is 0 Å². The Morgan fingerprint density at radius 2 is 1.91 bits per heavy atom. The van der Waals surface area contributed by atoms with Gasteiger partial charge in [0.25, 0.3) is 11.8 Å². The number of fused-ring (bicyclic) bond motifs is 1. The lowest BCUT2D eigenvalue weighted by Crippen LogP contribution is -2.47. The first-order valence-corrected chi connectivity index (χ1v) is 12.4. The van der Waals surface area contributed by atoms with E-state index in [0.717, 1.165) is 12.8 Å². The minimum absolute atomic E-state index is 0.0109. The first-order chi connectivity index (χ1) is 17.0. The molecular formula is C27H35N3O5. The van der Waals surface area contributed by atoms with Crippen molar-refractivity contribution in [3.8, 4) is 5.75 Å². The number of aliphatic hydroxyl groups is 1. The molecule has 4 rings (SSSR count). The van der Waals surface area contributed by atoms with E-state index in [-0.39, 0.29) is 24.4 Å². The van der Waals surface area contributed by atoms with E-state index < -0.39 is 6.10 Å². The lowest BCUT2D eigenvalue weighted by molar-refractivity contribution is 0.00357. The summed E-state index contributed by atoms with van der Waals surface area (Å²) in [5, 5.41) is 16.6. The van der Waals surface area contributed by atoms with E-state index in [2.05, 4.69) is 22.8 Å². The number of aliphatic hydroxyl groups excluding tert-OH is 1. The van der Waals surface area contributed by atoms with Crippen LogP contribution >= 0.6 is 0 Å². The molecule has 0 bridgehead atoms. The number of amides is 2. The summed E-state index contributed by atoms with van der Waals surface area (Å²) < 4.78 is 11.1. The molecule has 0 saturated carbocycles. The van der Waals surface area contributed by atoms with Crippen molar-refractivity contribution in [2.24, 2.45) is 0 Å². The first kappa shape index (κ1) is 25.2. The van der Waals surface area contributed by atoms with Crippen LogP contribution in [0.5, 0.6) is 5.75 Å². The number of hydrogen-bond donors (Lipinski definition) is 3. The van der Waals surface area contributed by atoms with Crippen LogP contribution < -0.4 is 15.4 Å². The molecule has 1 aliphatic carbocycles. The van der Waals surface area contributed by atoms with Crippen molar-refractivity contribution < 1.29 is 24.2 Å². The van der Waals surface area contributed by atoms with Crippen LogP contribution in [0.25, 0.3) is 0 Å². The molecule has 0 spiro atoms. The van der Waals surface area contributed by atoms with Crippen LogP contribution in [0.3, 0.4) is 0 Å². The van der Waals surface area contributed by atoms with Crippen LogP contribution in [0.15, 0.2) is 42.5 Å². The molecule has 8 heteroatoms. The second-order valence-electron chi connectivity index (χ2n) is 9.21. The van der Waals surface area contributed by atoms with E-state index in [1.54, 1.807) is 23.1 Å². The molecule has 2 aromatic rings. The summed E-state index contributed by atoms with van der Waals surface area (Å²) in [5.74, 6) is -0.100. The zero-order valence-corrected chi connectivity index (χ0v) is 20.5. The molecule has 1 fully saturated rings. The van der Waals surface area contributed by atoms with Gasteiger partial charge < -0.3 is 30.1 Å². The number of carbonyl (C=O) groups excluding carboxylic acids is 2. The predicted molar refractivity (Wildman–Crippen MR) is 133 cm³/mol. The number of carbonyl (C=O) groups is 2. The summed E-state index contributed by atoms with van der Waals surface area (Å²) >= 11 is 0. The summed E-state index contributed by atoms with van der Waals surface area (Å²) in [6.45, 7) is 6.21. The molecule has 188 valence electrons. The fourth-order valence-corrected chi connectivity index (χ4v) is 4.70. The number of ether oxygens (including phenoxy) is 2. The third-order valence-electron chi connectivity index (χ3n) is 6.59. The molecule has 0 aromatic heterocycles. The number of rotatable bonds is 9. The SMILES string of the molecule is CCOc1cc(C(=O)N2CCOC[C@H]2C)ccc1C(=O)NC[C@@H](O)CNC1Cc2ccccc2C1. The summed E-state index contributed by atoms with van der Waals surface area (Å²) in [5.41, 5.74) is 3.51. The average molecular weight is 482 g/mol. The molecule has 0 radical (unpaired) electrons. The van der Waals surface area contributed by atoms with Gasteiger partial charge in [0.1, 0.15) is 5.75 Å². The zero-order valence-electron chi connectivity index (χ0n) is 20.5. The van der Waals surface area contributed by atoms with E-state index in [1.807, 2.05) is 26.0 Å². The molecule has 2 amide bonds. The average Bonchev–Trinajstić information content (AvgIpc) is 3.29. The Morgan fingerprint density at radius 1 is 1.17 bits per heavy atom. The van der Waals surface area contributed by atoms with Crippen molar-refractivity contribution in [2.45, 2.75) is 44.9 Å². The molecule has 1 saturated heterocycles. The van der Waals surface area contributed by atoms with Gasteiger partial charge in [-0.1, -0.05) is 24.3 Å². The minimum Gasteiger partial charge on any atom is -0.493 e. The van der Waals surface area contributed by atoms with E-state index in [4.69, 9.17) is 9.47 Å². The third kappa shape index (κ3) is 6.20. The number of morpholine rings is 1. The Bertz CT molecular complexity index is 1020. The van der Waals surface area contributed by atoms with Crippen LogP contribution in [-0.2, 0) is 17.6 Å². The van der Waals surface area contributed by atoms with Gasteiger partial charge in [-0.2, -0.15) is 0 Å².